The van der Waals surface area contributed by atoms with Gasteiger partial charge in [0.25, 0.3) is 0 Å². The third-order valence-electron chi connectivity index (χ3n) is 11.7. The van der Waals surface area contributed by atoms with Crippen molar-refractivity contribution in [1.82, 2.24) is 0 Å². The summed E-state index contributed by atoms with van der Waals surface area (Å²) in [6.07, 6.45) is 18.3. The van der Waals surface area contributed by atoms with Gasteiger partial charge in [-0.15, -0.1) is 0 Å². The van der Waals surface area contributed by atoms with Crippen LogP contribution in [0.1, 0.15) is 48.2 Å². The smallest absolute Gasteiger partial charge is 0.205 e. The predicted molar refractivity (Wildman–Crippen MR) is 270 cm³/mol. The monoisotopic (exact) mass is 855 g/mol. The van der Waals surface area contributed by atoms with Crippen LogP contribution in [0, 0.1) is 0 Å². The fourth-order valence-corrected chi connectivity index (χ4v) is 10.9. The molecule has 0 aliphatic rings. The van der Waals surface area contributed by atoms with E-state index in [-0.39, 0.29) is 0 Å². The molecule has 2 aromatic heterocycles. The number of benzene rings is 4. The normalized spacial score (nSPS) is 12.3. The Hall–Kier alpha value is -4.60. The number of anilines is 2. The third-order valence-corrected chi connectivity index (χ3v) is 14.4. The first kappa shape index (κ1) is 45.9. The summed E-state index contributed by atoms with van der Waals surface area (Å²) < 4.78 is 6.93. The van der Waals surface area contributed by atoms with E-state index in [9.17, 15) is 0 Å². The minimum absolute atomic E-state index is 1.03. The van der Waals surface area contributed by atoms with E-state index in [1.54, 1.807) is 0 Å². The van der Waals surface area contributed by atoms with Crippen molar-refractivity contribution in [2.75, 3.05) is 97.4 Å². The first-order valence-electron chi connectivity index (χ1n) is 22.0. The molecule has 0 amide bonds. The summed E-state index contributed by atoms with van der Waals surface area (Å²) in [4.78, 5) is 4.38. The highest BCUT2D eigenvalue weighted by Gasteiger charge is 2.19. The molecule has 0 aliphatic heterocycles. The summed E-state index contributed by atoms with van der Waals surface area (Å²) in [5.41, 5.74) is 7.50. The highest BCUT2D eigenvalue weighted by atomic mass is 33.1. The number of hydrogen-bond acceptors (Lipinski definition) is 4. The number of nitrogens with zero attached hydrogens (tertiary/aromatic N) is 6. The molecule has 0 N–H and O–H groups in total. The van der Waals surface area contributed by atoms with Crippen molar-refractivity contribution < 1.29 is 18.1 Å². The molecule has 6 nitrogen and oxygen atoms in total. The first-order valence-corrected chi connectivity index (χ1v) is 24.5. The van der Waals surface area contributed by atoms with Crippen molar-refractivity contribution in [1.29, 1.82) is 0 Å². The molecule has 0 radical (unpaired) electrons. The second kappa shape index (κ2) is 22.0. The number of fused-ring (bicyclic) bond motifs is 2. The minimum Gasteiger partial charge on any atom is -0.377 e. The third kappa shape index (κ3) is 13.2. The molecule has 61 heavy (non-hydrogen) atoms. The number of unbranched alkanes of at least 4 members (excludes halogenated alkanes) is 2. The topological polar surface area (TPSA) is 14.2 Å². The SMILES string of the molecule is CN(C)c1ccc(/C=C/c2cccc[n+]2CCCC[N+](C)(C)CCSSC[N+](C)(C)CCCC[n+]2ccccc2/C=C/c2ccc(N(C)C)c3ccccc23)c2ccccc12. The summed E-state index contributed by atoms with van der Waals surface area (Å²) in [6.45, 7) is 5.65. The van der Waals surface area contributed by atoms with Crippen LogP contribution < -0.4 is 18.9 Å². The van der Waals surface area contributed by atoms with Gasteiger partial charge >= 0.3 is 0 Å². The van der Waals surface area contributed by atoms with Crippen LogP contribution >= 0.6 is 21.6 Å². The summed E-state index contributed by atoms with van der Waals surface area (Å²) in [7, 11) is 22.1. The van der Waals surface area contributed by atoms with Gasteiger partial charge in [0, 0.05) is 112 Å². The molecule has 320 valence electrons. The molecule has 6 rings (SSSR count). The molecule has 0 saturated carbocycles. The van der Waals surface area contributed by atoms with Gasteiger partial charge < -0.3 is 18.8 Å². The van der Waals surface area contributed by atoms with Crippen LogP contribution in [-0.2, 0) is 13.1 Å². The Kier molecular flexibility index (Phi) is 16.5. The summed E-state index contributed by atoms with van der Waals surface area (Å²) >= 11 is 0. The largest absolute Gasteiger partial charge is 0.377 e. The zero-order chi connectivity index (χ0) is 43.2. The van der Waals surface area contributed by atoms with E-state index in [1.165, 1.54) is 107 Å². The van der Waals surface area contributed by atoms with Crippen molar-refractivity contribution in [3.8, 4) is 0 Å². The second-order valence-corrected chi connectivity index (χ2v) is 20.6. The number of rotatable bonds is 22. The molecule has 0 unspecified atom stereocenters. The van der Waals surface area contributed by atoms with Gasteiger partial charge in [-0.3, -0.25) is 0 Å². The Bertz CT molecular complexity index is 2230. The highest BCUT2D eigenvalue weighted by molar-refractivity contribution is 8.76. The molecule has 0 fully saturated rings. The number of pyridine rings is 2. The van der Waals surface area contributed by atoms with Gasteiger partial charge in [0.2, 0.25) is 11.4 Å². The van der Waals surface area contributed by atoms with Crippen LogP contribution in [0.2, 0.25) is 0 Å². The Balaban J connectivity index is 0.886. The molecule has 0 saturated heterocycles. The maximum absolute atomic E-state index is 2.41. The van der Waals surface area contributed by atoms with Gasteiger partial charge in [-0.1, -0.05) is 71.5 Å². The zero-order valence-corrected chi connectivity index (χ0v) is 39.8. The lowest BCUT2D eigenvalue weighted by molar-refractivity contribution is -0.888. The summed E-state index contributed by atoms with van der Waals surface area (Å²) in [6, 6.07) is 39.4. The lowest BCUT2D eigenvalue weighted by Gasteiger charge is -2.30. The number of hydrogen-bond donors (Lipinski definition) is 0. The molecule has 0 bridgehead atoms. The van der Waals surface area contributed by atoms with Crippen LogP contribution in [0.25, 0.3) is 45.8 Å². The fourth-order valence-electron chi connectivity index (χ4n) is 8.07. The summed E-state index contributed by atoms with van der Waals surface area (Å²) in [5.74, 6) is 2.31. The van der Waals surface area contributed by atoms with Gasteiger partial charge in [0.1, 0.15) is 19.0 Å². The molecule has 0 aliphatic carbocycles. The molecule has 0 atom stereocenters. The second-order valence-electron chi connectivity index (χ2n) is 18.1. The van der Waals surface area contributed by atoms with E-state index in [0.717, 1.165) is 27.9 Å². The van der Waals surface area contributed by atoms with E-state index in [4.69, 9.17) is 0 Å². The molecule has 0 spiro atoms. The lowest BCUT2D eigenvalue weighted by Crippen LogP contribution is -2.43. The zero-order valence-electron chi connectivity index (χ0n) is 38.1. The molecule has 8 heteroatoms. The molecule has 4 aromatic carbocycles. The summed E-state index contributed by atoms with van der Waals surface area (Å²) in [5, 5.41) is 5.15. The van der Waals surface area contributed by atoms with Crippen LogP contribution in [0.5, 0.6) is 0 Å². The van der Waals surface area contributed by atoms with E-state index >= 15 is 0 Å². The van der Waals surface area contributed by atoms with Crippen molar-refractivity contribution in [2.45, 2.75) is 38.8 Å². The van der Waals surface area contributed by atoms with E-state index in [1.807, 2.05) is 10.8 Å². The quantitative estimate of drug-likeness (QED) is 0.0222. The van der Waals surface area contributed by atoms with E-state index in [0.29, 0.717) is 0 Å². The Morgan fingerprint density at radius 1 is 0.459 bits per heavy atom. The predicted octanol–water partition coefficient (Wildman–Crippen LogP) is 10.8. The average molecular weight is 855 g/mol. The molecular formula is C53H70N6S2+4. The standard InChI is InChI=1S/C53H70N6S2/c1-54(2)52-33-29-44(48-23-9-11-25-50(48)52)27-31-46-21-13-15-35-56(46)37-17-19-39-58(5,6)41-42-60-61-43-59(7,8)40-20-18-38-57-36-16-14-22-47(57)32-28-45-30-34-53(55(3)4)51-26-12-10-24-49(45)51/h9-16,21-36H,17-20,37-43H2,1-8H3/q+4. The van der Waals surface area contributed by atoms with Gasteiger partial charge in [0.15, 0.2) is 12.4 Å². The fraction of sp³-hybridized carbons (Fsp3) is 0.358. The highest BCUT2D eigenvalue weighted by Crippen LogP contribution is 2.31. The number of aryl methyl sites for hydroxylation is 2. The van der Waals surface area contributed by atoms with Crippen LogP contribution in [0.4, 0.5) is 11.4 Å². The van der Waals surface area contributed by atoms with Gasteiger partial charge in [-0.2, -0.15) is 9.13 Å². The van der Waals surface area contributed by atoms with Crippen LogP contribution in [0.15, 0.2) is 122 Å². The van der Waals surface area contributed by atoms with Gasteiger partial charge in [-0.25, -0.2) is 0 Å². The van der Waals surface area contributed by atoms with Gasteiger partial charge in [-0.05, 0) is 69.1 Å². The van der Waals surface area contributed by atoms with Crippen molar-refractivity contribution in [3.05, 3.63) is 144 Å². The number of quaternary nitrogens is 2. The molecule has 2 heterocycles. The maximum atomic E-state index is 2.41. The molecule has 6 aromatic rings. The van der Waals surface area contributed by atoms with Crippen LogP contribution in [0.3, 0.4) is 0 Å². The Labute approximate surface area is 375 Å². The first-order chi connectivity index (χ1) is 29.4. The van der Waals surface area contributed by atoms with E-state index in [2.05, 4.69) is 232 Å². The Morgan fingerprint density at radius 2 is 0.902 bits per heavy atom. The van der Waals surface area contributed by atoms with Crippen molar-refractivity contribution >= 4 is 78.8 Å². The van der Waals surface area contributed by atoms with Crippen molar-refractivity contribution in [2.24, 2.45) is 0 Å². The van der Waals surface area contributed by atoms with E-state index < -0.39 is 0 Å². The van der Waals surface area contributed by atoms with Crippen LogP contribution in [-0.4, -0.2) is 96.6 Å². The molecular weight excluding hydrogens is 785 g/mol. The maximum Gasteiger partial charge on any atom is 0.205 e. The minimum atomic E-state index is 1.03. The van der Waals surface area contributed by atoms with Gasteiger partial charge in [0.05, 0.1) is 53.6 Å². The van der Waals surface area contributed by atoms with Crippen molar-refractivity contribution in [3.63, 3.8) is 0 Å². The lowest BCUT2D eigenvalue weighted by atomic mass is 10.0. The number of aromatic nitrogens is 2. The Morgan fingerprint density at radius 3 is 1.38 bits per heavy atom. The average Bonchev–Trinajstić information content (AvgIpc) is 3.25.